The molecule has 3 aromatic rings. The Bertz CT molecular complexity index is 1380. The highest BCUT2D eigenvalue weighted by Gasteiger charge is 2.26. The molecule has 1 aromatic carbocycles. The van der Waals surface area contributed by atoms with Crippen molar-refractivity contribution in [3.8, 4) is 0 Å². The van der Waals surface area contributed by atoms with E-state index >= 15 is 0 Å². The number of pyridine rings is 1. The quantitative estimate of drug-likeness (QED) is 0.412. The van der Waals surface area contributed by atoms with E-state index in [0.29, 0.717) is 41.5 Å². The van der Waals surface area contributed by atoms with Crippen molar-refractivity contribution in [3.63, 3.8) is 0 Å². The first-order chi connectivity index (χ1) is 17.1. The lowest BCUT2D eigenvalue weighted by atomic mass is 10.1. The number of benzene rings is 1. The second-order valence-electron chi connectivity index (χ2n) is 9.13. The lowest BCUT2D eigenvalue weighted by Crippen LogP contribution is -2.43. The van der Waals surface area contributed by atoms with Gasteiger partial charge in [0.1, 0.15) is 5.82 Å². The number of fused-ring (bicyclic) bond motifs is 1. The summed E-state index contributed by atoms with van der Waals surface area (Å²) >= 11 is 0. The summed E-state index contributed by atoms with van der Waals surface area (Å²) in [5.74, 6) is -1.16. The van der Waals surface area contributed by atoms with Gasteiger partial charge < -0.3 is 15.4 Å². The van der Waals surface area contributed by atoms with E-state index in [0.717, 1.165) is 6.42 Å². The normalized spacial score (nSPS) is 11.1. The molecule has 0 aliphatic heterocycles. The average molecular weight is 496 g/mol. The summed E-state index contributed by atoms with van der Waals surface area (Å²) in [6.07, 6.45) is 2.06. The van der Waals surface area contributed by atoms with Crippen LogP contribution in [0.1, 0.15) is 56.1 Å². The Kier molecular flexibility index (Phi) is 8.63. The Morgan fingerprint density at radius 1 is 1.22 bits per heavy atom. The summed E-state index contributed by atoms with van der Waals surface area (Å²) in [5.41, 5.74) is 6.31. The van der Waals surface area contributed by atoms with Crippen molar-refractivity contribution in [3.05, 3.63) is 62.4 Å². The number of aryl methyl sites for hydroxylation is 1. The van der Waals surface area contributed by atoms with Gasteiger partial charge in [-0.1, -0.05) is 45.4 Å². The molecule has 0 bridgehead atoms. The molecule has 36 heavy (non-hydrogen) atoms. The zero-order valence-corrected chi connectivity index (χ0v) is 21.2. The molecule has 0 saturated carbocycles. The van der Waals surface area contributed by atoms with E-state index in [4.69, 9.17) is 10.5 Å². The van der Waals surface area contributed by atoms with Crippen molar-refractivity contribution in [2.45, 2.75) is 53.5 Å². The topological polar surface area (TPSA) is 140 Å². The van der Waals surface area contributed by atoms with Gasteiger partial charge in [0.25, 0.3) is 11.5 Å². The second kappa shape index (κ2) is 11.7. The Hall–Kier alpha value is -3.95. The number of anilines is 2. The molecule has 10 heteroatoms. The Morgan fingerprint density at radius 3 is 2.64 bits per heavy atom. The van der Waals surface area contributed by atoms with Gasteiger partial charge in [0.2, 0.25) is 0 Å². The molecule has 0 atom stereocenters. The van der Waals surface area contributed by atoms with Crippen LogP contribution in [-0.4, -0.2) is 39.6 Å². The number of nitrogens with zero attached hydrogens (tertiary/aromatic N) is 3. The van der Waals surface area contributed by atoms with E-state index in [1.807, 2.05) is 26.8 Å². The van der Waals surface area contributed by atoms with Crippen LogP contribution < -0.4 is 21.9 Å². The Morgan fingerprint density at radius 2 is 1.94 bits per heavy atom. The molecule has 3 N–H and O–H groups in total. The fraction of sp³-hybridized carbons (Fsp3) is 0.423. The number of aromatic nitrogens is 3. The molecule has 0 saturated heterocycles. The SMILES string of the molecule is CCCCn1c(N)c(N(CCC(C)C)C(=O)COC(=O)c2cc(C)nc3ccccc23)c(=O)[nH]c1=O. The third kappa shape index (κ3) is 5.99. The van der Waals surface area contributed by atoms with E-state index < -0.39 is 29.7 Å². The van der Waals surface area contributed by atoms with Crippen LogP contribution >= 0.6 is 0 Å². The number of carbonyl (C=O) groups excluding carboxylic acids is 2. The zero-order chi connectivity index (χ0) is 26.4. The smallest absolute Gasteiger partial charge is 0.339 e. The minimum Gasteiger partial charge on any atom is -0.452 e. The minimum absolute atomic E-state index is 0.0867. The highest BCUT2D eigenvalue weighted by molar-refractivity contribution is 6.05. The molecule has 0 spiro atoms. The Labute approximate surface area is 209 Å². The van der Waals surface area contributed by atoms with Crippen LogP contribution in [0, 0.1) is 12.8 Å². The maximum absolute atomic E-state index is 13.3. The standard InChI is InChI=1S/C26H33N5O5/c1-5-6-12-31-23(27)22(24(33)29-26(31)35)30(13-11-16(2)3)21(32)15-36-25(34)19-14-17(4)28-20-10-8-7-9-18(19)20/h7-10,14,16H,5-6,11-13,15,27H2,1-4H3,(H,29,33,35). The van der Waals surface area contributed by atoms with Crippen LogP contribution in [0.4, 0.5) is 11.5 Å². The fourth-order valence-corrected chi connectivity index (χ4v) is 3.88. The van der Waals surface area contributed by atoms with Crippen molar-refractivity contribution in [2.75, 3.05) is 23.8 Å². The molecule has 3 rings (SSSR count). The van der Waals surface area contributed by atoms with Crippen LogP contribution in [-0.2, 0) is 16.1 Å². The van der Waals surface area contributed by atoms with Crippen molar-refractivity contribution >= 4 is 34.3 Å². The minimum atomic E-state index is -0.760. The van der Waals surface area contributed by atoms with Gasteiger partial charge >= 0.3 is 11.7 Å². The summed E-state index contributed by atoms with van der Waals surface area (Å²) in [7, 11) is 0. The first-order valence-corrected chi connectivity index (χ1v) is 12.1. The molecule has 192 valence electrons. The van der Waals surface area contributed by atoms with E-state index in [1.54, 1.807) is 31.2 Å². The number of ether oxygens (including phenoxy) is 1. The van der Waals surface area contributed by atoms with E-state index in [9.17, 15) is 19.2 Å². The predicted octanol–water partition coefficient (Wildman–Crippen LogP) is 3.01. The van der Waals surface area contributed by atoms with Gasteiger partial charge in [-0.25, -0.2) is 9.59 Å². The third-order valence-corrected chi connectivity index (χ3v) is 5.84. The summed E-state index contributed by atoms with van der Waals surface area (Å²) in [6, 6.07) is 8.77. The number of unbranched alkanes of at least 4 members (excludes halogenated alkanes) is 1. The third-order valence-electron chi connectivity index (χ3n) is 5.84. The van der Waals surface area contributed by atoms with Gasteiger partial charge in [-0.15, -0.1) is 0 Å². The van der Waals surface area contributed by atoms with Gasteiger partial charge in [-0.05, 0) is 37.8 Å². The van der Waals surface area contributed by atoms with E-state index in [2.05, 4.69) is 9.97 Å². The monoisotopic (exact) mass is 495 g/mol. The number of nitrogen functional groups attached to an aromatic ring is 1. The first-order valence-electron chi connectivity index (χ1n) is 12.1. The van der Waals surface area contributed by atoms with Crippen LogP contribution in [0.5, 0.6) is 0 Å². The van der Waals surface area contributed by atoms with Crippen molar-refractivity contribution in [2.24, 2.45) is 5.92 Å². The average Bonchev–Trinajstić information content (AvgIpc) is 2.83. The van der Waals surface area contributed by atoms with Gasteiger partial charge in [0, 0.05) is 24.2 Å². The molecule has 0 fully saturated rings. The highest BCUT2D eigenvalue weighted by Crippen LogP contribution is 2.21. The molecule has 2 aromatic heterocycles. The first kappa shape index (κ1) is 26.7. The van der Waals surface area contributed by atoms with Crippen molar-refractivity contribution < 1.29 is 14.3 Å². The number of nitrogens with two attached hydrogens (primary N) is 1. The predicted molar refractivity (Wildman–Crippen MR) is 139 cm³/mol. The number of hydrogen-bond acceptors (Lipinski definition) is 7. The number of H-pyrrole nitrogens is 1. The number of nitrogens with one attached hydrogen (secondary N) is 1. The lowest BCUT2D eigenvalue weighted by Gasteiger charge is -2.25. The maximum atomic E-state index is 13.3. The number of hydrogen-bond donors (Lipinski definition) is 2. The molecular formula is C26H33N5O5. The van der Waals surface area contributed by atoms with Gasteiger partial charge in [0.05, 0.1) is 11.1 Å². The fourth-order valence-electron chi connectivity index (χ4n) is 3.88. The molecular weight excluding hydrogens is 462 g/mol. The molecule has 0 unspecified atom stereocenters. The number of rotatable bonds is 10. The number of aromatic amines is 1. The lowest BCUT2D eigenvalue weighted by molar-refractivity contribution is -0.121. The zero-order valence-electron chi connectivity index (χ0n) is 21.2. The van der Waals surface area contributed by atoms with Gasteiger partial charge in [0.15, 0.2) is 12.3 Å². The van der Waals surface area contributed by atoms with Crippen molar-refractivity contribution in [1.29, 1.82) is 0 Å². The molecule has 0 aliphatic rings. The van der Waals surface area contributed by atoms with Crippen LogP contribution in [0.2, 0.25) is 0 Å². The number of esters is 1. The maximum Gasteiger partial charge on any atom is 0.339 e. The number of para-hydroxylation sites is 1. The second-order valence-corrected chi connectivity index (χ2v) is 9.13. The van der Waals surface area contributed by atoms with Crippen LogP contribution in [0.25, 0.3) is 10.9 Å². The Balaban J connectivity index is 1.91. The van der Waals surface area contributed by atoms with E-state index in [1.165, 1.54) is 9.47 Å². The molecule has 0 radical (unpaired) electrons. The number of carbonyl (C=O) groups is 2. The highest BCUT2D eigenvalue weighted by atomic mass is 16.5. The van der Waals surface area contributed by atoms with Crippen molar-refractivity contribution in [1.82, 2.24) is 14.5 Å². The molecule has 1 amide bonds. The molecule has 10 nitrogen and oxygen atoms in total. The molecule has 2 heterocycles. The summed E-state index contributed by atoms with van der Waals surface area (Å²) in [6.45, 7) is 7.58. The van der Waals surface area contributed by atoms with Crippen LogP contribution in [0.15, 0.2) is 39.9 Å². The van der Waals surface area contributed by atoms with E-state index in [-0.39, 0.29) is 24.0 Å². The van der Waals surface area contributed by atoms with Crippen LogP contribution in [0.3, 0.4) is 0 Å². The number of amides is 1. The summed E-state index contributed by atoms with van der Waals surface area (Å²) in [5, 5.41) is 0.612. The summed E-state index contributed by atoms with van der Waals surface area (Å²) in [4.78, 5) is 59.2. The summed E-state index contributed by atoms with van der Waals surface area (Å²) < 4.78 is 6.64. The largest absolute Gasteiger partial charge is 0.452 e. The molecule has 0 aliphatic carbocycles. The van der Waals surface area contributed by atoms with Gasteiger partial charge in [-0.2, -0.15) is 0 Å². The van der Waals surface area contributed by atoms with Gasteiger partial charge in [-0.3, -0.25) is 24.1 Å².